The van der Waals surface area contributed by atoms with E-state index in [0.29, 0.717) is 5.39 Å². The lowest BCUT2D eigenvalue weighted by molar-refractivity contribution is -0.135. The van der Waals surface area contributed by atoms with Crippen LogP contribution in [-0.2, 0) is 22.8 Å². The van der Waals surface area contributed by atoms with Gasteiger partial charge in [0.05, 0.1) is 18.2 Å². The number of nitrogens with zero attached hydrogens (tertiary/aromatic N) is 2. The Kier molecular flexibility index (Phi) is 4.44. The van der Waals surface area contributed by atoms with E-state index < -0.39 is 5.91 Å². The van der Waals surface area contributed by atoms with E-state index in [1.807, 2.05) is 36.4 Å². The van der Waals surface area contributed by atoms with Crippen LogP contribution in [0.2, 0.25) is 0 Å². The van der Waals surface area contributed by atoms with Crippen LogP contribution in [0.25, 0.3) is 10.8 Å². The molecule has 1 N–H and O–H groups in total. The monoisotopic (exact) mass is 309 g/mol. The maximum absolute atomic E-state index is 12.2. The molecule has 116 valence electrons. The minimum atomic E-state index is -0.439. The Bertz CT molecular complexity index is 875. The van der Waals surface area contributed by atoms with E-state index in [2.05, 4.69) is 10.6 Å². The highest BCUT2D eigenvalue weighted by Gasteiger charge is 2.08. The van der Waals surface area contributed by atoms with Crippen molar-refractivity contribution < 1.29 is 9.63 Å². The van der Waals surface area contributed by atoms with Gasteiger partial charge in [-0.25, -0.2) is 10.2 Å². The third kappa shape index (κ3) is 3.61. The van der Waals surface area contributed by atoms with Crippen LogP contribution in [0.3, 0.4) is 0 Å². The van der Waals surface area contributed by atoms with Crippen LogP contribution in [0.1, 0.15) is 5.56 Å². The van der Waals surface area contributed by atoms with Crippen molar-refractivity contribution in [3.63, 3.8) is 0 Å². The molecule has 0 atom stereocenters. The van der Waals surface area contributed by atoms with Crippen LogP contribution in [-0.4, -0.2) is 15.7 Å². The maximum atomic E-state index is 12.2. The second-order valence-electron chi connectivity index (χ2n) is 4.99. The number of fused-ring (bicyclic) bond motifs is 1. The van der Waals surface area contributed by atoms with Gasteiger partial charge in [0.2, 0.25) is 0 Å². The average Bonchev–Trinajstić information content (AvgIpc) is 2.59. The summed E-state index contributed by atoms with van der Waals surface area (Å²) < 4.78 is 1.11. The summed E-state index contributed by atoms with van der Waals surface area (Å²) >= 11 is 0. The van der Waals surface area contributed by atoms with Crippen LogP contribution in [0.15, 0.2) is 65.6 Å². The van der Waals surface area contributed by atoms with Crippen molar-refractivity contribution in [2.24, 2.45) is 0 Å². The molecule has 0 aliphatic rings. The van der Waals surface area contributed by atoms with Gasteiger partial charge in [0, 0.05) is 5.39 Å². The molecule has 0 aliphatic carbocycles. The van der Waals surface area contributed by atoms with Gasteiger partial charge in [-0.2, -0.15) is 5.10 Å². The zero-order chi connectivity index (χ0) is 16.1. The molecule has 0 saturated heterocycles. The minimum absolute atomic E-state index is 0.196. The van der Waals surface area contributed by atoms with Gasteiger partial charge in [-0.3, -0.25) is 14.4 Å². The van der Waals surface area contributed by atoms with Crippen LogP contribution in [0, 0.1) is 0 Å². The number of nitrogens with one attached hydrogen (secondary N) is 1. The molecule has 23 heavy (non-hydrogen) atoms. The predicted molar refractivity (Wildman–Crippen MR) is 85.4 cm³/mol. The highest BCUT2D eigenvalue weighted by atomic mass is 16.6. The smallest absolute Gasteiger partial charge is 0.271 e. The molecule has 3 aromatic rings. The third-order valence-electron chi connectivity index (χ3n) is 3.32. The first-order valence-corrected chi connectivity index (χ1v) is 7.13. The van der Waals surface area contributed by atoms with Gasteiger partial charge in [-0.15, -0.1) is 0 Å². The van der Waals surface area contributed by atoms with E-state index in [1.165, 1.54) is 0 Å². The molecule has 0 unspecified atom stereocenters. The summed E-state index contributed by atoms with van der Waals surface area (Å²) in [5.41, 5.74) is 2.95. The lowest BCUT2D eigenvalue weighted by Gasteiger charge is -2.07. The van der Waals surface area contributed by atoms with Crippen molar-refractivity contribution in [2.75, 3.05) is 0 Å². The summed E-state index contributed by atoms with van der Waals surface area (Å²) in [5, 5.41) is 5.27. The van der Waals surface area contributed by atoms with E-state index in [0.717, 1.165) is 15.6 Å². The van der Waals surface area contributed by atoms with Crippen molar-refractivity contribution in [1.29, 1.82) is 0 Å². The first-order valence-electron chi connectivity index (χ1n) is 7.13. The Morgan fingerprint density at radius 3 is 2.65 bits per heavy atom. The molecule has 1 aromatic heterocycles. The quantitative estimate of drug-likeness (QED) is 0.727. The van der Waals surface area contributed by atoms with Crippen molar-refractivity contribution in [2.45, 2.75) is 13.2 Å². The average molecular weight is 309 g/mol. The Labute approximate surface area is 132 Å². The lowest BCUT2D eigenvalue weighted by atomic mass is 10.2. The summed E-state index contributed by atoms with van der Waals surface area (Å²) in [6.45, 7) is 0.0606. The standard InChI is InChI=1S/C17H15N3O3/c21-16(19-23-12-13-6-2-1-3-7-13)11-20-17(22)15-9-5-4-8-14(15)10-18-20/h1-10H,11-12H2,(H,19,21). The van der Waals surface area contributed by atoms with Gasteiger partial charge in [0.15, 0.2) is 0 Å². The topological polar surface area (TPSA) is 73.2 Å². The number of carbonyl (C=O) groups is 1. The largest absolute Gasteiger partial charge is 0.275 e. The van der Waals surface area contributed by atoms with Crippen LogP contribution in [0.5, 0.6) is 0 Å². The fourth-order valence-electron chi connectivity index (χ4n) is 2.18. The summed E-state index contributed by atoms with van der Waals surface area (Å²) in [7, 11) is 0. The van der Waals surface area contributed by atoms with Crippen molar-refractivity contribution in [3.05, 3.63) is 76.7 Å². The SMILES string of the molecule is O=C(Cn1ncc2ccccc2c1=O)NOCc1ccccc1. The Hall–Kier alpha value is -2.99. The molecule has 0 fully saturated rings. The molecule has 1 amide bonds. The second kappa shape index (κ2) is 6.85. The number of carbonyl (C=O) groups excluding carboxylic acids is 1. The van der Waals surface area contributed by atoms with Crippen molar-refractivity contribution in [1.82, 2.24) is 15.3 Å². The van der Waals surface area contributed by atoms with Crippen LogP contribution < -0.4 is 11.0 Å². The molecule has 6 heteroatoms. The molecule has 3 rings (SSSR count). The van der Waals surface area contributed by atoms with Crippen LogP contribution >= 0.6 is 0 Å². The highest BCUT2D eigenvalue weighted by molar-refractivity contribution is 5.81. The number of benzene rings is 2. The van der Waals surface area contributed by atoms with Gasteiger partial charge in [-0.05, 0) is 11.6 Å². The number of hydrogen-bond acceptors (Lipinski definition) is 4. The summed E-state index contributed by atoms with van der Waals surface area (Å²) in [4.78, 5) is 29.2. The zero-order valence-corrected chi connectivity index (χ0v) is 12.3. The van der Waals surface area contributed by atoms with Gasteiger partial charge < -0.3 is 0 Å². The highest BCUT2D eigenvalue weighted by Crippen LogP contribution is 2.06. The number of hydroxylamine groups is 1. The third-order valence-corrected chi connectivity index (χ3v) is 3.32. The molecule has 0 radical (unpaired) electrons. The first kappa shape index (κ1) is 14.9. The molecule has 1 heterocycles. The maximum Gasteiger partial charge on any atom is 0.275 e. The van der Waals surface area contributed by atoms with E-state index >= 15 is 0 Å². The fourth-order valence-corrected chi connectivity index (χ4v) is 2.18. The van der Waals surface area contributed by atoms with E-state index in [9.17, 15) is 9.59 Å². The molecule has 2 aromatic carbocycles. The van der Waals surface area contributed by atoms with Crippen LogP contribution in [0.4, 0.5) is 0 Å². The van der Waals surface area contributed by atoms with Gasteiger partial charge in [0.25, 0.3) is 11.5 Å². The molecule has 0 bridgehead atoms. The number of rotatable bonds is 5. The number of amides is 1. The molecule has 0 aliphatic heterocycles. The Morgan fingerprint density at radius 1 is 1.09 bits per heavy atom. The number of aromatic nitrogens is 2. The van der Waals surface area contributed by atoms with Gasteiger partial charge in [0.1, 0.15) is 6.54 Å². The second-order valence-corrected chi connectivity index (χ2v) is 4.99. The van der Waals surface area contributed by atoms with Crippen molar-refractivity contribution in [3.8, 4) is 0 Å². The molecule has 6 nitrogen and oxygen atoms in total. The molecular formula is C17H15N3O3. The lowest BCUT2D eigenvalue weighted by Crippen LogP contribution is -2.33. The van der Waals surface area contributed by atoms with E-state index in [-0.39, 0.29) is 18.7 Å². The first-order chi connectivity index (χ1) is 11.2. The minimum Gasteiger partial charge on any atom is -0.271 e. The molecule has 0 spiro atoms. The molecule has 0 saturated carbocycles. The molecular weight excluding hydrogens is 294 g/mol. The van der Waals surface area contributed by atoms with E-state index in [4.69, 9.17) is 4.84 Å². The Balaban J connectivity index is 1.62. The fraction of sp³-hybridized carbons (Fsp3) is 0.118. The van der Waals surface area contributed by atoms with Gasteiger partial charge >= 0.3 is 0 Å². The summed E-state index contributed by atoms with van der Waals surface area (Å²) in [5.74, 6) is -0.439. The zero-order valence-electron chi connectivity index (χ0n) is 12.3. The summed E-state index contributed by atoms with van der Waals surface area (Å²) in [6, 6.07) is 16.6. The normalized spacial score (nSPS) is 10.6. The Morgan fingerprint density at radius 2 is 1.83 bits per heavy atom. The predicted octanol–water partition coefficient (Wildman–Crippen LogP) is 1.64. The summed E-state index contributed by atoms with van der Waals surface area (Å²) in [6.07, 6.45) is 1.56. The van der Waals surface area contributed by atoms with Crippen molar-refractivity contribution >= 4 is 16.7 Å². The van der Waals surface area contributed by atoms with E-state index in [1.54, 1.807) is 24.4 Å². The number of hydrogen-bond donors (Lipinski definition) is 1. The van der Waals surface area contributed by atoms with Gasteiger partial charge in [-0.1, -0.05) is 48.5 Å².